The zero-order valence-electron chi connectivity index (χ0n) is 15.4. The van der Waals surface area contributed by atoms with Crippen LogP contribution >= 0.6 is 0 Å². The van der Waals surface area contributed by atoms with Gasteiger partial charge in [0.25, 0.3) is 5.91 Å². The molecule has 0 radical (unpaired) electrons. The van der Waals surface area contributed by atoms with Crippen molar-refractivity contribution in [1.82, 2.24) is 10.6 Å². The van der Waals surface area contributed by atoms with E-state index in [9.17, 15) is 14.4 Å². The van der Waals surface area contributed by atoms with Crippen molar-refractivity contribution in [2.45, 2.75) is 26.1 Å². The third-order valence-electron chi connectivity index (χ3n) is 3.67. The first kappa shape index (κ1) is 20.0. The van der Waals surface area contributed by atoms with E-state index in [1.54, 1.807) is 42.5 Å². The Morgan fingerprint density at radius 3 is 2.33 bits per heavy atom. The summed E-state index contributed by atoms with van der Waals surface area (Å²) in [5.74, 6) is -0.959. The van der Waals surface area contributed by atoms with Crippen LogP contribution in [-0.4, -0.2) is 31.1 Å². The molecule has 0 aromatic heterocycles. The third kappa shape index (κ3) is 5.85. The van der Waals surface area contributed by atoms with Gasteiger partial charge < -0.3 is 14.8 Å². The molecule has 2 aromatic carbocycles. The molecule has 0 aliphatic rings. The van der Waals surface area contributed by atoms with Crippen molar-refractivity contribution in [3.8, 4) is 5.75 Å². The van der Waals surface area contributed by atoms with E-state index in [-0.39, 0.29) is 0 Å². The van der Waals surface area contributed by atoms with Gasteiger partial charge in [-0.15, -0.1) is 0 Å². The summed E-state index contributed by atoms with van der Waals surface area (Å²) in [6.07, 6.45) is -2.22. The average Bonchev–Trinajstić information content (AvgIpc) is 2.66. The van der Waals surface area contributed by atoms with Crippen LogP contribution in [0.25, 0.3) is 0 Å². The number of carbonyl (C=O) groups excluding carboxylic acids is 3. The van der Waals surface area contributed by atoms with Gasteiger partial charge in [-0.05, 0) is 31.5 Å². The molecule has 0 fully saturated rings. The Bertz CT molecular complexity index is 807. The number of imide groups is 1. The molecule has 0 unspecified atom stereocenters. The molecule has 2 aromatic rings. The summed E-state index contributed by atoms with van der Waals surface area (Å²) >= 11 is 0. The van der Waals surface area contributed by atoms with Gasteiger partial charge in [0.15, 0.2) is 6.10 Å². The van der Waals surface area contributed by atoms with Gasteiger partial charge in [0, 0.05) is 12.6 Å². The van der Waals surface area contributed by atoms with Gasteiger partial charge in [0.05, 0.1) is 0 Å². The number of amides is 3. The summed E-state index contributed by atoms with van der Waals surface area (Å²) in [6, 6.07) is 15.0. The molecule has 3 amide bonds. The highest BCUT2D eigenvalue weighted by Gasteiger charge is 2.29. The topological polar surface area (TPSA) is 93.7 Å². The van der Waals surface area contributed by atoms with Crippen LogP contribution in [0.5, 0.6) is 5.75 Å². The summed E-state index contributed by atoms with van der Waals surface area (Å²) in [6.45, 7) is 3.44. The zero-order valence-corrected chi connectivity index (χ0v) is 15.4. The largest absolute Gasteiger partial charge is 0.479 e. The van der Waals surface area contributed by atoms with Crippen LogP contribution < -0.4 is 15.4 Å². The summed E-state index contributed by atoms with van der Waals surface area (Å²) in [4.78, 5) is 36.3. The molecule has 2 rings (SSSR count). The number of rotatable bonds is 6. The molecule has 0 spiro atoms. The Balaban J connectivity index is 2.12. The number of benzene rings is 2. The van der Waals surface area contributed by atoms with Crippen molar-refractivity contribution in [2.75, 3.05) is 7.05 Å². The number of nitrogens with one attached hydrogen (secondary N) is 2. The van der Waals surface area contributed by atoms with Crippen molar-refractivity contribution < 1.29 is 23.9 Å². The highest BCUT2D eigenvalue weighted by atomic mass is 16.6. The van der Waals surface area contributed by atoms with Gasteiger partial charge in [-0.1, -0.05) is 42.5 Å². The Labute approximate surface area is 157 Å². The number of aryl methyl sites for hydroxylation is 1. The molecule has 0 saturated heterocycles. The van der Waals surface area contributed by atoms with Crippen molar-refractivity contribution in [2.24, 2.45) is 0 Å². The van der Waals surface area contributed by atoms with Gasteiger partial charge in [-0.25, -0.2) is 9.59 Å². The maximum absolute atomic E-state index is 12.4. The molecule has 7 nitrogen and oxygen atoms in total. The normalized spacial score (nSPS) is 12.4. The van der Waals surface area contributed by atoms with Crippen molar-refractivity contribution >= 4 is 17.9 Å². The molecule has 0 bridgehead atoms. The second-order valence-corrected chi connectivity index (χ2v) is 5.87. The van der Waals surface area contributed by atoms with E-state index in [1.165, 1.54) is 14.0 Å². The quantitative estimate of drug-likeness (QED) is 0.762. The number of hydrogen-bond acceptors (Lipinski definition) is 5. The maximum atomic E-state index is 12.4. The first-order valence-corrected chi connectivity index (χ1v) is 8.42. The van der Waals surface area contributed by atoms with E-state index < -0.39 is 30.1 Å². The lowest BCUT2D eigenvalue weighted by atomic mass is 10.1. The van der Waals surface area contributed by atoms with Crippen LogP contribution in [0.15, 0.2) is 54.6 Å². The minimum atomic E-state index is -1.28. The molecule has 0 aliphatic heterocycles. The first-order chi connectivity index (χ1) is 12.9. The zero-order chi connectivity index (χ0) is 19.8. The standard InChI is InChI=1S/C20H22N2O5/c1-13-8-7-11-16(12-13)26-14(2)19(24)27-17(15-9-5-4-6-10-15)18(23)22-20(25)21-3/h4-12,14,17H,1-3H3,(H2,21,22,23,25)/t14-,17+/m1/s1. The van der Waals surface area contributed by atoms with Crippen molar-refractivity contribution in [1.29, 1.82) is 0 Å². The van der Waals surface area contributed by atoms with E-state index in [4.69, 9.17) is 9.47 Å². The van der Waals surface area contributed by atoms with Gasteiger partial charge in [0.2, 0.25) is 6.10 Å². The van der Waals surface area contributed by atoms with Gasteiger partial charge in [-0.2, -0.15) is 0 Å². The summed E-state index contributed by atoms with van der Waals surface area (Å²) in [5.41, 5.74) is 1.43. The lowest BCUT2D eigenvalue weighted by Crippen LogP contribution is -2.42. The molecule has 2 N–H and O–H groups in total. The highest BCUT2D eigenvalue weighted by Crippen LogP contribution is 2.20. The summed E-state index contributed by atoms with van der Waals surface area (Å²) in [7, 11) is 1.38. The molecular weight excluding hydrogens is 348 g/mol. The fourth-order valence-corrected chi connectivity index (χ4v) is 2.29. The Morgan fingerprint density at radius 1 is 1.00 bits per heavy atom. The van der Waals surface area contributed by atoms with Crippen LogP contribution in [0.4, 0.5) is 4.79 Å². The summed E-state index contributed by atoms with van der Waals surface area (Å²) < 4.78 is 10.9. The van der Waals surface area contributed by atoms with E-state index >= 15 is 0 Å². The van der Waals surface area contributed by atoms with Gasteiger partial charge in [0.1, 0.15) is 5.75 Å². The molecule has 0 saturated carbocycles. The van der Waals surface area contributed by atoms with Gasteiger partial charge in [-0.3, -0.25) is 10.1 Å². The van der Waals surface area contributed by atoms with Crippen molar-refractivity contribution in [3.63, 3.8) is 0 Å². The minimum absolute atomic E-state index is 0.440. The van der Waals surface area contributed by atoms with Crippen molar-refractivity contribution in [3.05, 3.63) is 65.7 Å². The fraction of sp³-hybridized carbons (Fsp3) is 0.250. The first-order valence-electron chi connectivity index (χ1n) is 8.42. The van der Waals surface area contributed by atoms with E-state index in [1.807, 2.05) is 19.1 Å². The number of hydrogen-bond donors (Lipinski definition) is 2. The molecule has 2 atom stereocenters. The smallest absolute Gasteiger partial charge is 0.348 e. The number of esters is 1. The lowest BCUT2D eigenvalue weighted by Gasteiger charge is -2.20. The van der Waals surface area contributed by atoms with Crippen LogP contribution in [0.2, 0.25) is 0 Å². The maximum Gasteiger partial charge on any atom is 0.348 e. The molecule has 142 valence electrons. The number of urea groups is 1. The number of carbonyl (C=O) groups is 3. The Morgan fingerprint density at radius 2 is 1.70 bits per heavy atom. The number of ether oxygens (including phenoxy) is 2. The van der Waals surface area contributed by atoms with Crippen LogP contribution in [0.3, 0.4) is 0 Å². The average molecular weight is 370 g/mol. The monoisotopic (exact) mass is 370 g/mol. The highest BCUT2D eigenvalue weighted by molar-refractivity contribution is 5.97. The minimum Gasteiger partial charge on any atom is -0.479 e. The molecule has 0 heterocycles. The molecule has 7 heteroatoms. The molecular formula is C20H22N2O5. The second-order valence-electron chi connectivity index (χ2n) is 5.87. The Hall–Kier alpha value is -3.35. The SMILES string of the molecule is CNC(=O)NC(=O)[C@@H](OC(=O)[C@@H](C)Oc1cccc(C)c1)c1ccccc1. The van der Waals surface area contributed by atoms with Gasteiger partial charge >= 0.3 is 12.0 Å². The predicted molar refractivity (Wildman–Crippen MR) is 99.1 cm³/mol. The molecule has 27 heavy (non-hydrogen) atoms. The van der Waals surface area contributed by atoms with Crippen LogP contribution in [0, 0.1) is 6.92 Å². The second kappa shape index (κ2) is 9.38. The van der Waals surface area contributed by atoms with Crippen LogP contribution in [-0.2, 0) is 14.3 Å². The molecule has 0 aliphatic carbocycles. The fourth-order valence-electron chi connectivity index (χ4n) is 2.29. The van der Waals surface area contributed by atoms with E-state index in [0.717, 1.165) is 5.56 Å². The summed E-state index contributed by atoms with van der Waals surface area (Å²) in [5, 5.41) is 4.40. The van der Waals surface area contributed by atoms with Crippen LogP contribution in [0.1, 0.15) is 24.2 Å². The third-order valence-corrected chi connectivity index (χ3v) is 3.67. The van der Waals surface area contributed by atoms with E-state index in [2.05, 4.69) is 10.6 Å². The lowest BCUT2D eigenvalue weighted by molar-refractivity contribution is -0.162. The Kier molecular flexibility index (Phi) is 6.93. The predicted octanol–water partition coefficient (Wildman–Crippen LogP) is 2.50. The van der Waals surface area contributed by atoms with E-state index in [0.29, 0.717) is 11.3 Å².